The number of hydrogen-bond acceptors (Lipinski definition) is 5. The molecule has 5 rings (SSSR count). The fraction of sp³-hybridized carbons (Fsp3) is 0.172. The first-order valence-electron chi connectivity index (χ1n) is 11.8. The quantitative estimate of drug-likeness (QED) is 0.280. The van der Waals surface area contributed by atoms with Crippen molar-refractivity contribution in [2.75, 3.05) is 6.61 Å². The van der Waals surface area contributed by atoms with Crippen molar-refractivity contribution in [3.63, 3.8) is 0 Å². The van der Waals surface area contributed by atoms with Crippen molar-refractivity contribution in [1.82, 2.24) is 5.32 Å². The highest BCUT2D eigenvalue weighted by Gasteiger charge is 2.30. The third kappa shape index (κ3) is 5.47. The lowest BCUT2D eigenvalue weighted by atomic mass is 9.98. The normalized spacial score (nSPS) is 12.9. The Labute approximate surface area is 218 Å². The number of nitrogens with one attached hydrogen (secondary N) is 1. The Balaban J connectivity index is 1.18. The molecule has 4 aromatic rings. The smallest absolute Gasteiger partial charge is 0.407 e. The first-order valence-corrected chi connectivity index (χ1v) is 12.2. The number of carboxylic acid groups (broad SMARTS) is 1. The summed E-state index contributed by atoms with van der Waals surface area (Å²) in [6.07, 6.45) is -0.853. The maximum Gasteiger partial charge on any atom is 0.407 e. The lowest BCUT2D eigenvalue weighted by molar-refractivity contribution is -0.139. The van der Waals surface area contributed by atoms with E-state index in [9.17, 15) is 14.7 Å². The maximum absolute atomic E-state index is 12.6. The van der Waals surface area contributed by atoms with E-state index in [-0.39, 0.29) is 25.6 Å². The van der Waals surface area contributed by atoms with Gasteiger partial charge in [-0.2, -0.15) is 0 Å². The Kier molecular flexibility index (Phi) is 7.14. The van der Waals surface area contributed by atoms with E-state index in [0.29, 0.717) is 22.3 Å². The monoisotopic (exact) mass is 517 g/mol. The van der Waals surface area contributed by atoms with Crippen LogP contribution in [0.2, 0.25) is 5.02 Å². The molecule has 188 valence electrons. The summed E-state index contributed by atoms with van der Waals surface area (Å²) in [5, 5.41) is 12.6. The van der Waals surface area contributed by atoms with E-state index in [0.717, 1.165) is 22.3 Å². The first kappa shape index (κ1) is 24.5. The number of rotatable bonds is 9. The van der Waals surface area contributed by atoms with Crippen molar-refractivity contribution in [2.45, 2.75) is 25.0 Å². The highest BCUT2D eigenvalue weighted by molar-refractivity contribution is 6.32. The molecular weight excluding hydrogens is 494 g/mol. The predicted octanol–water partition coefficient (Wildman–Crippen LogP) is 6.05. The van der Waals surface area contributed by atoms with Gasteiger partial charge in [-0.25, -0.2) is 9.59 Å². The molecule has 0 saturated heterocycles. The van der Waals surface area contributed by atoms with Crippen molar-refractivity contribution in [3.8, 4) is 16.9 Å². The molecule has 1 heterocycles. The van der Waals surface area contributed by atoms with Gasteiger partial charge >= 0.3 is 12.1 Å². The fourth-order valence-corrected chi connectivity index (χ4v) is 4.69. The summed E-state index contributed by atoms with van der Waals surface area (Å²) in [7, 11) is 0. The molecule has 1 amide bonds. The highest BCUT2D eigenvalue weighted by atomic mass is 35.5. The van der Waals surface area contributed by atoms with Gasteiger partial charge in [-0.3, -0.25) is 0 Å². The van der Waals surface area contributed by atoms with Crippen LogP contribution in [0.3, 0.4) is 0 Å². The average Bonchev–Trinajstić information content (AvgIpc) is 3.48. The van der Waals surface area contributed by atoms with E-state index in [1.54, 1.807) is 36.4 Å². The van der Waals surface area contributed by atoms with Crippen LogP contribution in [0.15, 0.2) is 89.3 Å². The summed E-state index contributed by atoms with van der Waals surface area (Å²) in [4.78, 5) is 24.4. The van der Waals surface area contributed by atoms with E-state index in [1.807, 2.05) is 48.5 Å². The van der Waals surface area contributed by atoms with E-state index >= 15 is 0 Å². The molecule has 0 aliphatic heterocycles. The van der Waals surface area contributed by atoms with Crippen molar-refractivity contribution in [3.05, 3.63) is 113 Å². The van der Waals surface area contributed by atoms with Crippen LogP contribution in [0.5, 0.6) is 5.75 Å². The Morgan fingerprint density at radius 1 is 0.892 bits per heavy atom. The maximum atomic E-state index is 12.6. The van der Waals surface area contributed by atoms with Gasteiger partial charge in [0.1, 0.15) is 36.5 Å². The van der Waals surface area contributed by atoms with Gasteiger partial charge in [0.05, 0.1) is 5.02 Å². The van der Waals surface area contributed by atoms with Crippen LogP contribution in [0, 0.1) is 0 Å². The second kappa shape index (κ2) is 10.8. The van der Waals surface area contributed by atoms with E-state index in [1.165, 1.54) is 0 Å². The zero-order valence-corrected chi connectivity index (χ0v) is 20.5. The number of para-hydroxylation sites is 1. The number of furan rings is 1. The highest BCUT2D eigenvalue weighted by Crippen LogP contribution is 2.44. The molecule has 0 saturated carbocycles. The summed E-state index contributed by atoms with van der Waals surface area (Å²) >= 11 is 6.09. The molecule has 1 aromatic heterocycles. The fourth-order valence-electron chi connectivity index (χ4n) is 4.50. The van der Waals surface area contributed by atoms with Gasteiger partial charge in [0, 0.05) is 12.3 Å². The number of carbonyl (C=O) groups is 2. The Bertz CT molecular complexity index is 1390. The number of aliphatic carboxylic acids is 1. The SMILES string of the molecule is O=C(NC(Cc1ccc(COc2ccccc2Cl)o1)C(=O)O)OCC1c2ccccc2-c2ccccc21. The summed E-state index contributed by atoms with van der Waals surface area (Å²) in [6, 6.07) is 25.2. The van der Waals surface area contributed by atoms with E-state index in [4.69, 9.17) is 25.5 Å². The van der Waals surface area contributed by atoms with Crippen LogP contribution < -0.4 is 10.1 Å². The van der Waals surface area contributed by atoms with Gasteiger partial charge in [0.15, 0.2) is 0 Å². The second-order valence-electron chi connectivity index (χ2n) is 8.65. The molecule has 1 unspecified atom stereocenters. The number of hydrogen-bond donors (Lipinski definition) is 2. The topological polar surface area (TPSA) is 98.0 Å². The Morgan fingerprint density at radius 3 is 2.19 bits per heavy atom. The van der Waals surface area contributed by atoms with Crippen LogP contribution >= 0.6 is 11.6 Å². The molecular formula is C29H24ClNO6. The third-order valence-electron chi connectivity index (χ3n) is 6.26. The standard InChI is InChI=1S/C29H24ClNO6/c30-25-11-5-6-12-27(25)35-16-19-14-13-18(37-19)15-26(28(32)33)31-29(34)36-17-24-22-9-3-1-7-20(22)21-8-2-4-10-23(21)24/h1-14,24,26H,15-17H2,(H,31,34)(H,32,33). The zero-order chi connectivity index (χ0) is 25.8. The van der Waals surface area contributed by atoms with E-state index < -0.39 is 18.1 Å². The minimum Gasteiger partial charge on any atom is -0.484 e. The number of carbonyl (C=O) groups excluding carboxylic acids is 1. The second-order valence-corrected chi connectivity index (χ2v) is 9.06. The molecule has 1 aliphatic rings. The lowest BCUT2D eigenvalue weighted by Crippen LogP contribution is -2.42. The molecule has 0 radical (unpaired) electrons. The number of halogens is 1. The van der Waals surface area contributed by atoms with Gasteiger partial charge in [-0.1, -0.05) is 72.3 Å². The average molecular weight is 518 g/mol. The molecule has 2 N–H and O–H groups in total. The number of alkyl carbamates (subject to hydrolysis) is 1. The molecule has 7 nitrogen and oxygen atoms in total. The predicted molar refractivity (Wildman–Crippen MR) is 138 cm³/mol. The first-order chi connectivity index (χ1) is 18.0. The van der Waals surface area contributed by atoms with Crippen molar-refractivity contribution in [1.29, 1.82) is 0 Å². The Morgan fingerprint density at radius 2 is 1.51 bits per heavy atom. The van der Waals surface area contributed by atoms with Gasteiger partial charge in [-0.05, 0) is 46.5 Å². The minimum absolute atomic E-state index is 0.0500. The van der Waals surface area contributed by atoms with Crippen LogP contribution in [-0.4, -0.2) is 29.8 Å². The molecule has 37 heavy (non-hydrogen) atoms. The summed E-state index contributed by atoms with van der Waals surface area (Å²) < 4.78 is 16.8. The molecule has 0 bridgehead atoms. The molecule has 1 atom stereocenters. The molecule has 1 aliphatic carbocycles. The van der Waals surface area contributed by atoms with Crippen molar-refractivity contribution < 1.29 is 28.6 Å². The molecule has 0 spiro atoms. The molecule has 8 heteroatoms. The van der Waals surface area contributed by atoms with Gasteiger partial charge in [0.2, 0.25) is 0 Å². The van der Waals surface area contributed by atoms with Crippen LogP contribution in [-0.2, 0) is 22.6 Å². The van der Waals surface area contributed by atoms with Gasteiger partial charge < -0.3 is 24.3 Å². The Hall–Kier alpha value is -4.23. The van der Waals surface area contributed by atoms with Crippen LogP contribution in [0.4, 0.5) is 4.79 Å². The summed E-state index contributed by atoms with van der Waals surface area (Å²) in [5.41, 5.74) is 4.38. The number of ether oxygens (including phenoxy) is 2. The minimum atomic E-state index is -1.22. The van der Waals surface area contributed by atoms with Crippen LogP contribution in [0.1, 0.15) is 28.6 Å². The number of amides is 1. The van der Waals surface area contributed by atoms with E-state index in [2.05, 4.69) is 5.32 Å². The van der Waals surface area contributed by atoms with Gasteiger partial charge in [0.25, 0.3) is 0 Å². The number of benzene rings is 3. The number of fused-ring (bicyclic) bond motifs is 3. The molecule has 3 aromatic carbocycles. The van der Waals surface area contributed by atoms with Gasteiger partial charge in [-0.15, -0.1) is 0 Å². The zero-order valence-electron chi connectivity index (χ0n) is 19.7. The van der Waals surface area contributed by atoms with Crippen molar-refractivity contribution in [2.24, 2.45) is 0 Å². The summed E-state index contributed by atoms with van der Waals surface area (Å²) in [6.45, 7) is 0.220. The lowest BCUT2D eigenvalue weighted by Gasteiger charge is -2.17. The largest absolute Gasteiger partial charge is 0.484 e. The van der Waals surface area contributed by atoms with Crippen molar-refractivity contribution >= 4 is 23.7 Å². The van der Waals surface area contributed by atoms with Crippen LogP contribution in [0.25, 0.3) is 11.1 Å². The summed E-state index contributed by atoms with van der Waals surface area (Å²) in [5.74, 6) is 0.0951. The third-order valence-corrected chi connectivity index (χ3v) is 6.58. The molecule has 0 fully saturated rings. The number of carboxylic acids is 1.